The summed E-state index contributed by atoms with van der Waals surface area (Å²) in [5.74, 6) is 0.285. The third-order valence-electron chi connectivity index (χ3n) is 3.95. The van der Waals surface area contributed by atoms with Gasteiger partial charge in [0.2, 0.25) is 5.91 Å². The third kappa shape index (κ3) is 2.23. The van der Waals surface area contributed by atoms with E-state index in [1.54, 1.807) is 0 Å². The molecule has 92 valence electrons. The molecule has 1 atom stereocenters. The van der Waals surface area contributed by atoms with Gasteiger partial charge in [-0.3, -0.25) is 9.69 Å². The second kappa shape index (κ2) is 5.15. The standard InChI is InChI=1S/C12H23N3O/c1-13-9-11-12(16)14(2)7-8-15(11)10-5-3-4-6-10/h10-11,13H,3-9H2,1-2H3. The Morgan fingerprint density at radius 3 is 2.62 bits per heavy atom. The Bertz CT molecular complexity index is 251. The largest absolute Gasteiger partial charge is 0.343 e. The van der Waals surface area contributed by atoms with Crippen LogP contribution in [0.4, 0.5) is 0 Å². The summed E-state index contributed by atoms with van der Waals surface area (Å²) in [6, 6.07) is 0.711. The van der Waals surface area contributed by atoms with E-state index in [4.69, 9.17) is 0 Å². The molecular weight excluding hydrogens is 202 g/mol. The first-order chi connectivity index (χ1) is 7.74. The van der Waals surface area contributed by atoms with Crippen molar-refractivity contribution in [3.63, 3.8) is 0 Å². The number of hydrogen-bond acceptors (Lipinski definition) is 3. The van der Waals surface area contributed by atoms with Crippen LogP contribution in [0.25, 0.3) is 0 Å². The third-order valence-corrected chi connectivity index (χ3v) is 3.95. The molecule has 0 radical (unpaired) electrons. The first-order valence-corrected chi connectivity index (χ1v) is 6.39. The minimum Gasteiger partial charge on any atom is -0.343 e. The minimum absolute atomic E-state index is 0.0619. The highest BCUT2D eigenvalue weighted by Crippen LogP contribution is 2.26. The summed E-state index contributed by atoms with van der Waals surface area (Å²) >= 11 is 0. The van der Waals surface area contributed by atoms with E-state index in [0.29, 0.717) is 6.04 Å². The fourth-order valence-electron chi connectivity index (χ4n) is 3.00. The van der Waals surface area contributed by atoms with Crippen LogP contribution in [0.3, 0.4) is 0 Å². The molecule has 1 N–H and O–H groups in total. The first kappa shape index (κ1) is 11.9. The monoisotopic (exact) mass is 225 g/mol. The maximum Gasteiger partial charge on any atom is 0.241 e. The van der Waals surface area contributed by atoms with Crippen LogP contribution in [0.1, 0.15) is 25.7 Å². The number of nitrogens with zero attached hydrogens (tertiary/aromatic N) is 2. The summed E-state index contributed by atoms with van der Waals surface area (Å²) in [5.41, 5.74) is 0. The first-order valence-electron chi connectivity index (χ1n) is 6.39. The van der Waals surface area contributed by atoms with Crippen molar-refractivity contribution in [1.29, 1.82) is 0 Å². The highest BCUT2D eigenvalue weighted by atomic mass is 16.2. The molecule has 0 aromatic heterocycles. The molecule has 1 saturated carbocycles. The number of nitrogens with one attached hydrogen (secondary N) is 1. The van der Waals surface area contributed by atoms with Gasteiger partial charge in [-0.25, -0.2) is 0 Å². The van der Waals surface area contributed by atoms with Gasteiger partial charge in [-0.2, -0.15) is 0 Å². The van der Waals surface area contributed by atoms with Crippen molar-refractivity contribution in [3.8, 4) is 0 Å². The topological polar surface area (TPSA) is 35.6 Å². The number of amides is 1. The SMILES string of the molecule is CNCC1C(=O)N(C)CCN1C1CCCC1. The van der Waals surface area contributed by atoms with E-state index >= 15 is 0 Å². The van der Waals surface area contributed by atoms with E-state index in [1.165, 1.54) is 25.7 Å². The highest BCUT2D eigenvalue weighted by molar-refractivity contribution is 5.82. The maximum absolute atomic E-state index is 12.1. The lowest BCUT2D eigenvalue weighted by Gasteiger charge is -2.42. The zero-order chi connectivity index (χ0) is 11.5. The average Bonchev–Trinajstić information content (AvgIpc) is 2.79. The number of likely N-dealkylation sites (N-methyl/N-ethyl adjacent to an activating group) is 2. The normalized spacial score (nSPS) is 29.0. The number of carbonyl (C=O) groups is 1. The molecule has 1 aliphatic heterocycles. The van der Waals surface area contributed by atoms with E-state index in [2.05, 4.69) is 10.2 Å². The molecule has 0 aromatic carbocycles. The van der Waals surface area contributed by atoms with Gasteiger partial charge in [-0.1, -0.05) is 12.8 Å². The Kier molecular flexibility index (Phi) is 3.82. The van der Waals surface area contributed by atoms with Crippen molar-refractivity contribution in [3.05, 3.63) is 0 Å². The van der Waals surface area contributed by atoms with Crippen LogP contribution in [-0.4, -0.2) is 61.5 Å². The van der Waals surface area contributed by atoms with Gasteiger partial charge in [0.15, 0.2) is 0 Å². The molecule has 0 spiro atoms. The molecule has 2 rings (SSSR count). The molecule has 1 unspecified atom stereocenters. The molecule has 1 amide bonds. The molecule has 1 saturated heterocycles. The number of rotatable bonds is 3. The summed E-state index contributed by atoms with van der Waals surface area (Å²) in [6.45, 7) is 2.70. The Hall–Kier alpha value is -0.610. The summed E-state index contributed by atoms with van der Waals surface area (Å²) < 4.78 is 0. The minimum atomic E-state index is 0.0619. The van der Waals surface area contributed by atoms with E-state index in [9.17, 15) is 4.79 Å². The van der Waals surface area contributed by atoms with Crippen molar-refractivity contribution in [2.75, 3.05) is 33.7 Å². The Labute approximate surface area is 98.0 Å². The fraction of sp³-hybridized carbons (Fsp3) is 0.917. The van der Waals surface area contributed by atoms with E-state index in [1.807, 2.05) is 19.0 Å². The van der Waals surface area contributed by atoms with Crippen LogP contribution in [0.15, 0.2) is 0 Å². The molecule has 1 heterocycles. The molecular formula is C12H23N3O. The van der Waals surface area contributed by atoms with Crippen LogP contribution >= 0.6 is 0 Å². The van der Waals surface area contributed by atoms with Crippen LogP contribution < -0.4 is 5.32 Å². The van der Waals surface area contributed by atoms with Crippen LogP contribution in [0, 0.1) is 0 Å². The van der Waals surface area contributed by atoms with Gasteiger partial charge in [0.1, 0.15) is 6.04 Å². The van der Waals surface area contributed by atoms with E-state index < -0.39 is 0 Å². The molecule has 2 fully saturated rings. The predicted octanol–water partition coefficient (Wildman–Crippen LogP) is 0.291. The van der Waals surface area contributed by atoms with Crippen molar-refractivity contribution >= 4 is 5.91 Å². The van der Waals surface area contributed by atoms with Gasteiger partial charge < -0.3 is 10.2 Å². The quantitative estimate of drug-likeness (QED) is 0.750. The van der Waals surface area contributed by atoms with Gasteiger partial charge >= 0.3 is 0 Å². The lowest BCUT2D eigenvalue weighted by Crippen LogP contribution is -2.61. The fourth-order valence-corrected chi connectivity index (χ4v) is 3.00. The smallest absolute Gasteiger partial charge is 0.241 e. The summed E-state index contributed by atoms with van der Waals surface area (Å²) in [5, 5.41) is 3.15. The summed E-state index contributed by atoms with van der Waals surface area (Å²) in [6.07, 6.45) is 5.21. The molecule has 16 heavy (non-hydrogen) atoms. The molecule has 0 aromatic rings. The maximum atomic E-state index is 12.1. The van der Waals surface area contributed by atoms with Crippen molar-refractivity contribution in [2.24, 2.45) is 0 Å². The Balaban J connectivity index is 2.06. The van der Waals surface area contributed by atoms with Crippen molar-refractivity contribution in [2.45, 2.75) is 37.8 Å². The van der Waals surface area contributed by atoms with Gasteiger partial charge in [0.25, 0.3) is 0 Å². The Morgan fingerprint density at radius 1 is 1.31 bits per heavy atom. The number of carbonyl (C=O) groups excluding carboxylic acids is 1. The number of piperazine rings is 1. The summed E-state index contributed by atoms with van der Waals surface area (Å²) in [7, 11) is 3.84. The molecule has 2 aliphatic rings. The highest BCUT2D eigenvalue weighted by Gasteiger charge is 2.37. The lowest BCUT2D eigenvalue weighted by molar-refractivity contribution is -0.141. The van der Waals surface area contributed by atoms with Gasteiger partial charge in [0.05, 0.1) is 0 Å². The van der Waals surface area contributed by atoms with Gasteiger partial charge in [-0.05, 0) is 19.9 Å². The second-order valence-electron chi connectivity index (χ2n) is 5.01. The van der Waals surface area contributed by atoms with Crippen LogP contribution in [0.2, 0.25) is 0 Å². The second-order valence-corrected chi connectivity index (χ2v) is 5.01. The van der Waals surface area contributed by atoms with Crippen molar-refractivity contribution < 1.29 is 4.79 Å². The van der Waals surface area contributed by atoms with E-state index in [0.717, 1.165) is 19.6 Å². The van der Waals surface area contributed by atoms with Gasteiger partial charge in [-0.15, -0.1) is 0 Å². The molecule has 4 nitrogen and oxygen atoms in total. The molecule has 0 bridgehead atoms. The zero-order valence-electron chi connectivity index (χ0n) is 10.4. The molecule has 4 heteroatoms. The van der Waals surface area contributed by atoms with Gasteiger partial charge in [0, 0.05) is 32.7 Å². The number of hydrogen-bond donors (Lipinski definition) is 1. The average molecular weight is 225 g/mol. The Morgan fingerprint density at radius 2 is 2.00 bits per heavy atom. The predicted molar refractivity (Wildman–Crippen MR) is 64.3 cm³/mol. The molecule has 1 aliphatic carbocycles. The van der Waals surface area contributed by atoms with Crippen LogP contribution in [0.5, 0.6) is 0 Å². The van der Waals surface area contributed by atoms with E-state index in [-0.39, 0.29) is 11.9 Å². The zero-order valence-corrected chi connectivity index (χ0v) is 10.4. The van der Waals surface area contributed by atoms with Crippen LogP contribution in [-0.2, 0) is 4.79 Å². The lowest BCUT2D eigenvalue weighted by atomic mass is 10.1. The van der Waals surface area contributed by atoms with Crippen molar-refractivity contribution in [1.82, 2.24) is 15.1 Å². The summed E-state index contributed by atoms with van der Waals surface area (Å²) in [4.78, 5) is 16.4.